The first-order chi connectivity index (χ1) is 13.3. The number of fused-ring (bicyclic) bond motifs is 1. The molecule has 27 heavy (non-hydrogen) atoms. The first-order valence-electron chi connectivity index (χ1n) is 8.74. The van der Waals surface area contributed by atoms with Crippen LogP contribution in [0.4, 0.5) is 4.79 Å². The fourth-order valence-corrected chi connectivity index (χ4v) is 3.58. The lowest BCUT2D eigenvalue weighted by Gasteiger charge is -2.28. The van der Waals surface area contributed by atoms with Crippen LogP contribution in [0.1, 0.15) is 10.6 Å². The van der Waals surface area contributed by atoms with Crippen molar-refractivity contribution >= 4 is 17.4 Å². The highest BCUT2D eigenvalue weighted by Crippen LogP contribution is 2.30. The van der Waals surface area contributed by atoms with Gasteiger partial charge in [0.1, 0.15) is 12.4 Å². The number of ether oxygens (including phenoxy) is 2. The predicted molar refractivity (Wildman–Crippen MR) is 102 cm³/mol. The van der Waals surface area contributed by atoms with E-state index >= 15 is 0 Å². The molecule has 0 bridgehead atoms. The predicted octanol–water partition coefficient (Wildman–Crippen LogP) is 3.89. The lowest BCUT2D eigenvalue weighted by molar-refractivity contribution is 0.0896. The quantitative estimate of drug-likeness (QED) is 0.700. The van der Waals surface area contributed by atoms with Crippen LogP contribution in [0.15, 0.2) is 64.6 Å². The fourth-order valence-electron chi connectivity index (χ4n) is 2.86. The SMILES string of the molecule is O=C(NCC1COc2ccccc2O1)N(Cc1ccco1)Cc1cccs1. The largest absolute Gasteiger partial charge is 0.486 e. The Balaban J connectivity index is 1.36. The van der Waals surface area contributed by atoms with Crippen LogP contribution in [0.25, 0.3) is 0 Å². The Morgan fingerprint density at radius 2 is 2.00 bits per heavy atom. The lowest BCUT2D eigenvalue weighted by atomic mass is 10.2. The van der Waals surface area contributed by atoms with Crippen LogP contribution in [0.2, 0.25) is 0 Å². The van der Waals surface area contributed by atoms with Gasteiger partial charge in [0.25, 0.3) is 0 Å². The molecule has 2 amide bonds. The number of carbonyl (C=O) groups is 1. The maximum Gasteiger partial charge on any atom is 0.318 e. The Hall–Kier alpha value is -2.93. The van der Waals surface area contributed by atoms with Crippen molar-refractivity contribution in [3.63, 3.8) is 0 Å². The number of urea groups is 1. The summed E-state index contributed by atoms with van der Waals surface area (Å²) in [6.45, 7) is 1.70. The summed E-state index contributed by atoms with van der Waals surface area (Å²) < 4.78 is 17.0. The van der Waals surface area contributed by atoms with Crippen LogP contribution in [0.3, 0.4) is 0 Å². The Morgan fingerprint density at radius 3 is 2.78 bits per heavy atom. The van der Waals surface area contributed by atoms with Crippen LogP contribution in [0, 0.1) is 0 Å². The smallest absolute Gasteiger partial charge is 0.318 e. The molecule has 3 aromatic rings. The molecule has 0 saturated carbocycles. The van der Waals surface area contributed by atoms with E-state index in [1.807, 2.05) is 53.9 Å². The second kappa shape index (κ2) is 8.18. The molecule has 1 aromatic carbocycles. The highest BCUT2D eigenvalue weighted by molar-refractivity contribution is 7.09. The Morgan fingerprint density at radius 1 is 1.11 bits per heavy atom. The second-order valence-electron chi connectivity index (χ2n) is 6.20. The van der Waals surface area contributed by atoms with E-state index < -0.39 is 0 Å². The van der Waals surface area contributed by atoms with Crippen molar-refractivity contribution in [3.05, 3.63) is 70.8 Å². The van der Waals surface area contributed by atoms with Gasteiger partial charge in [-0.05, 0) is 35.7 Å². The molecule has 0 aliphatic carbocycles. The molecule has 1 aliphatic rings. The van der Waals surface area contributed by atoms with Crippen molar-refractivity contribution in [1.29, 1.82) is 0 Å². The van der Waals surface area contributed by atoms with Gasteiger partial charge in [0.15, 0.2) is 17.6 Å². The van der Waals surface area contributed by atoms with Gasteiger partial charge in [-0.15, -0.1) is 11.3 Å². The molecule has 1 atom stereocenters. The molecule has 0 saturated heterocycles. The topological polar surface area (TPSA) is 63.9 Å². The maximum absolute atomic E-state index is 12.8. The Labute approximate surface area is 161 Å². The van der Waals surface area contributed by atoms with E-state index in [2.05, 4.69) is 5.32 Å². The zero-order valence-corrected chi connectivity index (χ0v) is 15.5. The van der Waals surface area contributed by atoms with Crippen LogP contribution in [-0.4, -0.2) is 30.2 Å². The van der Waals surface area contributed by atoms with Crippen molar-refractivity contribution in [2.24, 2.45) is 0 Å². The average molecular weight is 384 g/mol. The minimum absolute atomic E-state index is 0.165. The van der Waals surface area contributed by atoms with Crippen LogP contribution < -0.4 is 14.8 Å². The molecule has 4 rings (SSSR count). The third-order valence-electron chi connectivity index (χ3n) is 4.19. The summed E-state index contributed by atoms with van der Waals surface area (Å²) in [5, 5.41) is 4.96. The summed E-state index contributed by atoms with van der Waals surface area (Å²) in [4.78, 5) is 15.6. The van der Waals surface area contributed by atoms with Gasteiger partial charge in [-0.3, -0.25) is 0 Å². The fraction of sp³-hybridized carbons (Fsp3) is 0.250. The van der Waals surface area contributed by atoms with Crippen molar-refractivity contribution < 1.29 is 18.7 Å². The number of benzene rings is 1. The van der Waals surface area contributed by atoms with E-state index in [9.17, 15) is 4.79 Å². The monoisotopic (exact) mass is 384 g/mol. The first-order valence-corrected chi connectivity index (χ1v) is 9.62. The van der Waals surface area contributed by atoms with Crippen molar-refractivity contribution in [2.45, 2.75) is 19.2 Å². The van der Waals surface area contributed by atoms with Gasteiger partial charge in [-0.1, -0.05) is 18.2 Å². The normalized spacial score (nSPS) is 15.3. The number of amides is 2. The van der Waals surface area contributed by atoms with Crippen molar-refractivity contribution in [1.82, 2.24) is 10.2 Å². The Kier molecular flexibility index (Phi) is 5.29. The molecule has 0 radical (unpaired) electrons. The second-order valence-corrected chi connectivity index (χ2v) is 7.23. The number of para-hydroxylation sites is 2. The molecule has 140 valence electrons. The Bertz CT molecular complexity index is 828. The number of nitrogens with zero attached hydrogens (tertiary/aromatic N) is 1. The van der Waals surface area contributed by atoms with Crippen molar-refractivity contribution in [3.8, 4) is 11.5 Å². The van der Waals surface area contributed by atoms with Crippen LogP contribution in [0.5, 0.6) is 11.5 Å². The van der Waals surface area contributed by atoms with Crippen LogP contribution in [-0.2, 0) is 13.1 Å². The molecule has 1 aliphatic heterocycles. The van der Waals surface area contributed by atoms with E-state index in [0.29, 0.717) is 32.0 Å². The number of thiophene rings is 1. The van der Waals surface area contributed by atoms with Gasteiger partial charge >= 0.3 is 6.03 Å². The minimum atomic E-state index is -0.226. The molecule has 0 spiro atoms. The number of rotatable bonds is 6. The molecule has 6 nitrogen and oxygen atoms in total. The van der Waals surface area contributed by atoms with Gasteiger partial charge in [0.05, 0.1) is 25.9 Å². The molecule has 3 heterocycles. The highest BCUT2D eigenvalue weighted by atomic mass is 32.1. The molecular formula is C20H20N2O4S. The minimum Gasteiger partial charge on any atom is -0.486 e. The zero-order chi connectivity index (χ0) is 18.5. The van der Waals surface area contributed by atoms with Crippen molar-refractivity contribution in [2.75, 3.05) is 13.2 Å². The average Bonchev–Trinajstić information content (AvgIpc) is 3.39. The summed E-state index contributed by atoms with van der Waals surface area (Å²) in [6, 6.07) is 15.1. The number of hydrogen-bond acceptors (Lipinski definition) is 5. The molecule has 2 aromatic heterocycles. The van der Waals surface area contributed by atoms with Gasteiger partial charge in [-0.2, -0.15) is 0 Å². The number of carbonyl (C=O) groups excluding carboxylic acids is 1. The molecule has 1 N–H and O–H groups in total. The zero-order valence-electron chi connectivity index (χ0n) is 14.7. The highest BCUT2D eigenvalue weighted by Gasteiger charge is 2.23. The number of hydrogen-bond donors (Lipinski definition) is 1. The van der Waals surface area contributed by atoms with Crippen LogP contribution >= 0.6 is 11.3 Å². The summed E-state index contributed by atoms with van der Waals surface area (Å²) in [5.74, 6) is 2.18. The van der Waals surface area contributed by atoms with Gasteiger partial charge in [-0.25, -0.2) is 4.79 Å². The van der Waals surface area contributed by atoms with E-state index in [1.165, 1.54) is 0 Å². The van der Waals surface area contributed by atoms with Gasteiger partial charge in [0, 0.05) is 4.88 Å². The standard InChI is InChI=1S/C20H20N2O4S/c23-20(21-11-16-14-25-18-7-1-2-8-19(18)26-16)22(12-15-5-3-9-24-15)13-17-6-4-10-27-17/h1-10,16H,11-14H2,(H,21,23). The van der Waals surface area contributed by atoms with E-state index in [-0.39, 0.29) is 12.1 Å². The van der Waals surface area contributed by atoms with Gasteiger partial charge in [0.2, 0.25) is 0 Å². The number of furan rings is 1. The number of nitrogens with one attached hydrogen (secondary N) is 1. The summed E-state index contributed by atoms with van der Waals surface area (Å²) >= 11 is 1.62. The third kappa shape index (κ3) is 4.43. The molecule has 0 fully saturated rings. The third-order valence-corrected chi connectivity index (χ3v) is 5.05. The summed E-state index contributed by atoms with van der Waals surface area (Å²) in [7, 11) is 0. The van der Waals surface area contributed by atoms with Gasteiger partial charge < -0.3 is 24.1 Å². The van der Waals surface area contributed by atoms with E-state index in [4.69, 9.17) is 13.9 Å². The summed E-state index contributed by atoms with van der Waals surface area (Å²) in [6.07, 6.45) is 1.39. The first kappa shape index (κ1) is 17.5. The lowest BCUT2D eigenvalue weighted by Crippen LogP contribution is -2.45. The van der Waals surface area contributed by atoms with E-state index in [0.717, 1.165) is 16.4 Å². The molecule has 7 heteroatoms. The van der Waals surface area contributed by atoms with E-state index in [1.54, 1.807) is 22.5 Å². The molecule has 1 unspecified atom stereocenters. The summed E-state index contributed by atoms with van der Waals surface area (Å²) in [5.41, 5.74) is 0. The maximum atomic E-state index is 12.8. The molecular weight excluding hydrogens is 364 g/mol.